The van der Waals surface area contributed by atoms with Gasteiger partial charge in [0.25, 0.3) is 0 Å². The highest BCUT2D eigenvalue weighted by Gasteiger charge is 2.23. The number of carbonyl (C=O) groups excluding carboxylic acids is 1. The molecule has 1 aromatic heterocycles. The molecule has 0 aromatic carbocycles. The molecule has 1 aliphatic carbocycles. The fourth-order valence-electron chi connectivity index (χ4n) is 1.57. The molecule has 0 aliphatic heterocycles. The Balaban J connectivity index is 1.84. The number of thiophene rings is 1. The molecule has 1 saturated carbocycles. The SMILES string of the molecule is CC(=CC(=O)OCc1csc([N+](=O)[O-])c1)C1CC1. The number of hydrogen-bond acceptors (Lipinski definition) is 5. The molecule has 96 valence electrons. The van der Waals surface area contributed by atoms with E-state index in [2.05, 4.69) is 0 Å². The Morgan fingerprint density at radius 1 is 1.67 bits per heavy atom. The lowest BCUT2D eigenvalue weighted by Crippen LogP contribution is -2.01. The van der Waals surface area contributed by atoms with Crippen LogP contribution in [-0.4, -0.2) is 10.9 Å². The summed E-state index contributed by atoms with van der Waals surface area (Å²) in [6.45, 7) is 2.01. The Labute approximate surface area is 108 Å². The molecule has 0 radical (unpaired) electrons. The number of allylic oxidation sites excluding steroid dienone is 1. The number of rotatable bonds is 5. The van der Waals surface area contributed by atoms with Gasteiger partial charge in [0.1, 0.15) is 6.61 Å². The van der Waals surface area contributed by atoms with Gasteiger partial charge in [-0.3, -0.25) is 10.1 Å². The Morgan fingerprint density at radius 2 is 2.39 bits per heavy atom. The van der Waals surface area contributed by atoms with E-state index in [1.165, 1.54) is 12.1 Å². The summed E-state index contributed by atoms with van der Waals surface area (Å²) in [6, 6.07) is 1.43. The highest BCUT2D eigenvalue weighted by Crippen LogP contribution is 2.35. The molecular formula is C12H13NO4S. The zero-order valence-electron chi connectivity index (χ0n) is 9.92. The minimum Gasteiger partial charge on any atom is -0.458 e. The van der Waals surface area contributed by atoms with E-state index in [4.69, 9.17) is 4.74 Å². The van der Waals surface area contributed by atoms with Gasteiger partial charge in [-0.25, -0.2) is 4.79 Å². The molecule has 0 spiro atoms. The zero-order chi connectivity index (χ0) is 13.1. The van der Waals surface area contributed by atoms with E-state index >= 15 is 0 Å². The lowest BCUT2D eigenvalue weighted by molar-refractivity contribution is -0.380. The molecule has 0 atom stereocenters. The molecule has 2 rings (SSSR count). The lowest BCUT2D eigenvalue weighted by Gasteiger charge is -2.00. The third-order valence-electron chi connectivity index (χ3n) is 2.77. The molecular weight excluding hydrogens is 254 g/mol. The van der Waals surface area contributed by atoms with Crippen LogP contribution in [0, 0.1) is 16.0 Å². The van der Waals surface area contributed by atoms with E-state index in [-0.39, 0.29) is 17.6 Å². The van der Waals surface area contributed by atoms with Crippen molar-refractivity contribution < 1.29 is 14.5 Å². The first-order valence-electron chi connectivity index (χ1n) is 5.63. The lowest BCUT2D eigenvalue weighted by atomic mass is 10.2. The number of carbonyl (C=O) groups is 1. The van der Waals surface area contributed by atoms with Crippen LogP contribution in [0.5, 0.6) is 0 Å². The third kappa shape index (κ3) is 3.40. The fourth-order valence-corrected chi connectivity index (χ4v) is 2.29. The number of nitro groups is 1. The maximum absolute atomic E-state index is 11.5. The number of ether oxygens (including phenoxy) is 1. The number of hydrogen-bond donors (Lipinski definition) is 0. The molecule has 6 heteroatoms. The second-order valence-corrected chi connectivity index (χ2v) is 5.21. The number of nitrogens with zero attached hydrogens (tertiary/aromatic N) is 1. The van der Waals surface area contributed by atoms with Crippen molar-refractivity contribution in [3.63, 3.8) is 0 Å². The van der Waals surface area contributed by atoms with Crippen molar-refractivity contribution in [3.05, 3.63) is 38.8 Å². The number of esters is 1. The molecule has 0 unspecified atom stereocenters. The van der Waals surface area contributed by atoms with Crippen LogP contribution in [0.1, 0.15) is 25.3 Å². The highest BCUT2D eigenvalue weighted by molar-refractivity contribution is 7.13. The first-order valence-corrected chi connectivity index (χ1v) is 6.51. The first kappa shape index (κ1) is 12.8. The van der Waals surface area contributed by atoms with Gasteiger partial charge in [0.2, 0.25) is 0 Å². The topological polar surface area (TPSA) is 69.4 Å². The molecule has 1 heterocycles. The van der Waals surface area contributed by atoms with Crippen LogP contribution in [0.4, 0.5) is 5.00 Å². The van der Waals surface area contributed by atoms with Crippen molar-refractivity contribution in [2.45, 2.75) is 26.4 Å². The van der Waals surface area contributed by atoms with Crippen LogP contribution in [0.2, 0.25) is 0 Å². The van der Waals surface area contributed by atoms with Gasteiger partial charge in [-0.1, -0.05) is 16.9 Å². The monoisotopic (exact) mass is 267 g/mol. The Bertz CT molecular complexity index is 502. The van der Waals surface area contributed by atoms with Gasteiger partial charge in [-0.05, 0) is 25.7 Å². The van der Waals surface area contributed by atoms with E-state index in [1.54, 1.807) is 5.38 Å². The average Bonchev–Trinajstić information content (AvgIpc) is 3.05. The smallest absolute Gasteiger partial charge is 0.331 e. The summed E-state index contributed by atoms with van der Waals surface area (Å²) in [5, 5.41) is 12.2. The van der Waals surface area contributed by atoms with Gasteiger partial charge in [-0.15, -0.1) is 0 Å². The van der Waals surface area contributed by atoms with Gasteiger partial charge in [0.05, 0.1) is 4.92 Å². The molecule has 0 amide bonds. The second-order valence-electron chi connectivity index (χ2n) is 4.32. The van der Waals surface area contributed by atoms with E-state index in [1.807, 2.05) is 6.92 Å². The van der Waals surface area contributed by atoms with Crippen LogP contribution in [0.15, 0.2) is 23.1 Å². The molecule has 1 aromatic rings. The summed E-state index contributed by atoms with van der Waals surface area (Å²) in [7, 11) is 0. The van der Waals surface area contributed by atoms with Crippen LogP contribution in [0.3, 0.4) is 0 Å². The fraction of sp³-hybridized carbons (Fsp3) is 0.417. The normalized spacial score (nSPS) is 15.5. The quantitative estimate of drug-likeness (QED) is 0.356. The maximum atomic E-state index is 11.5. The van der Waals surface area contributed by atoms with Crippen LogP contribution >= 0.6 is 11.3 Å². The predicted molar refractivity (Wildman–Crippen MR) is 67.3 cm³/mol. The average molecular weight is 267 g/mol. The summed E-state index contributed by atoms with van der Waals surface area (Å²) in [5.74, 6) is 0.160. The third-order valence-corrected chi connectivity index (χ3v) is 3.70. The van der Waals surface area contributed by atoms with E-state index < -0.39 is 4.92 Å². The van der Waals surface area contributed by atoms with E-state index in [0.717, 1.165) is 29.8 Å². The Hall–Kier alpha value is -1.69. The Morgan fingerprint density at radius 3 is 2.94 bits per heavy atom. The Kier molecular flexibility index (Phi) is 3.76. The van der Waals surface area contributed by atoms with E-state index in [9.17, 15) is 14.9 Å². The summed E-state index contributed by atoms with van der Waals surface area (Å²) in [5.41, 5.74) is 1.70. The first-order chi connectivity index (χ1) is 8.56. The van der Waals surface area contributed by atoms with Gasteiger partial charge in [0, 0.05) is 23.1 Å². The van der Waals surface area contributed by atoms with Crippen molar-refractivity contribution in [2.75, 3.05) is 0 Å². The van der Waals surface area contributed by atoms with Gasteiger partial charge >= 0.3 is 11.0 Å². The summed E-state index contributed by atoms with van der Waals surface area (Å²) < 4.78 is 5.04. The predicted octanol–water partition coefficient (Wildman–Crippen LogP) is 3.06. The minimum atomic E-state index is -0.451. The van der Waals surface area contributed by atoms with Crippen LogP contribution in [0.25, 0.3) is 0 Å². The van der Waals surface area contributed by atoms with Crippen molar-refractivity contribution in [1.29, 1.82) is 0 Å². The standard InChI is InChI=1S/C12H13NO4S/c1-8(10-2-3-10)4-12(14)17-6-9-5-11(13(15)16)18-7-9/h4-5,7,10H,2-3,6H2,1H3. The second kappa shape index (κ2) is 5.30. The van der Waals surface area contributed by atoms with Crippen LogP contribution in [-0.2, 0) is 16.1 Å². The molecule has 18 heavy (non-hydrogen) atoms. The maximum Gasteiger partial charge on any atom is 0.331 e. The minimum absolute atomic E-state index is 0.0609. The zero-order valence-corrected chi connectivity index (χ0v) is 10.7. The van der Waals surface area contributed by atoms with Crippen molar-refractivity contribution >= 4 is 22.3 Å². The van der Waals surface area contributed by atoms with Gasteiger partial charge in [-0.2, -0.15) is 0 Å². The van der Waals surface area contributed by atoms with Crippen LogP contribution < -0.4 is 0 Å². The largest absolute Gasteiger partial charge is 0.458 e. The molecule has 0 bridgehead atoms. The van der Waals surface area contributed by atoms with Crippen molar-refractivity contribution in [2.24, 2.45) is 5.92 Å². The summed E-state index contributed by atoms with van der Waals surface area (Å²) in [4.78, 5) is 21.5. The van der Waals surface area contributed by atoms with Gasteiger partial charge < -0.3 is 4.74 Å². The van der Waals surface area contributed by atoms with Gasteiger partial charge in [0.15, 0.2) is 0 Å². The van der Waals surface area contributed by atoms with Crippen molar-refractivity contribution in [1.82, 2.24) is 0 Å². The summed E-state index contributed by atoms with van der Waals surface area (Å²) in [6.07, 6.45) is 3.80. The molecule has 0 saturated heterocycles. The van der Waals surface area contributed by atoms with E-state index in [0.29, 0.717) is 11.5 Å². The molecule has 1 fully saturated rings. The highest BCUT2D eigenvalue weighted by atomic mass is 32.1. The molecule has 0 N–H and O–H groups in total. The molecule has 1 aliphatic rings. The van der Waals surface area contributed by atoms with Crippen molar-refractivity contribution in [3.8, 4) is 0 Å². The molecule has 5 nitrogen and oxygen atoms in total. The summed E-state index contributed by atoms with van der Waals surface area (Å²) >= 11 is 1.03.